The molecule has 0 radical (unpaired) electrons. The first-order valence-corrected chi connectivity index (χ1v) is 10.7. The maximum Gasteiger partial charge on any atom is 0.251 e. The summed E-state index contributed by atoms with van der Waals surface area (Å²) < 4.78 is 25.5. The summed E-state index contributed by atoms with van der Waals surface area (Å²) in [6.45, 7) is 3.45. The number of likely N-dealkylation sites (N-methyl/N-ethyl adjacent to an activating group) is 1. The van der Waals surface area contributed by atoms with Crippen molar-refractivity contribution in [2.45, 2.75) is 25.4 Å². The van der Waals surface area contributed by atoms with Crippen LogP contribution in [0.15, 0.2) is 42.5 Å². The Balaban J connectivity index is 1.47. The Morgan fingerprint density at radius 3 is 2.65 bits per heavy atom. The van der Waals surface area contributed by atoms with E-state index in [1.54, 1.807) is 31.1 Å². The molecule has 1 fully saturated rings. The highest BCUT2D eigenvalue weighted by Crippen LogP contribution is 2.19. The smallest absolute Gasteiger partial charge is 0.251 e. The van der Waals surface area contributed by atoms with E-state index in [1.807, 2.05) is 24.3 Å². The quantitative estimate of drug-likeness (QED) is 0.663. The third-order valence-electron chi connectivity index (χ3n) is 5.57. The molecule has 2 aromatic rings. The summed E-state index contributed by atoms with van der Waals surface area (Å²) >= 11 is 0. The van der Waals surface area contributed by atoms with Crippen LogP contribution in [0.25, 0.3) is 0 Å². The maximum absolute atomic E-state index is 14.1. The van der Waals surface area contributed by atoms with Gasteiger partial charge in [0.2, 0.25) is 0 Å². The van der Waals surface area contributed by atoms with Crippen LogP contribution < -0.4 is 15.0 Å². The average molecular weight is 430 g/mol. The summed E-state index contributed by atoms with van der Waals surface area (Å²) in [6.07, 6.45) is 2.13. The Bertz CT molecular complexity index is 869. The minimum absolute atomic E-state index is 0.298. The molecule has 0 saturated carbocycles. The summed E-state index contributed by atoms with van der Waals surface area (Å²) in [5.41, 5.74) is 1.67. The van der Waals surface area contributed by atoms with Crippen molar-refractivity contribution in [3.8, 4) is 5.75 Å². The molecule has 0 aliphatic carbocycles. The SMILES string of the molecule is CN(C)c1ccc(C(=O)NCc2cccc(OCCN(C)C3CCOCC3)c2)cc1F. The number of nitrogens with zero attached hydrogens (tertiary/aromatic N) is 2. The topological polar surface area (TPSA) is 54.0 Å². The van der Waals surface area contributed by atoms with E-state index in [9.17, 15) is 9.18 Å². The van der Waals surface area contributed by atoms with Crippen molar-refractivity contribution in [3.63, 3.8) is 0 Å². The van der Waals surface area contributed by atoms with Crippen LogP contribution in [-0.4, -0.2) is 64.4 Å². The lowest BCUT2D eigenvalue weighted by atomic mass is 10.1. The van der Waals surface area contributed by atoms with E-state index in [4.69, 9.17) is 9.47 Å². The van der Waals surface area contributed by atoms with Gasteiger partial charge in [0, 0.05) is 52.0 Å². The van der Waals surface area contributed by atoms with Crippen molar-refractivity contribution in [2.75, 3.05) is 52.4 Å². The number of ether oxygens (including phenoxy) is 2. The van der Waals surface area contributed by atoms with Gasteiger partial charge in [-0.2, -0.15) is 0 Å². The molecular weight excluding hydrogens is 397 g/mol. The van der Waals surface area contributed by atoms with Crippen LogP contribution in [0.3, 0.4) is 0 Å². The average Bonchev–Trinajstić information content (AvgIpc) is 2.78. The van der Waals surface area contributed by atoms with Crippen LogP contribution >= 0.6 is 0 Å². The highest BCUT2D eigenvalue weighted by molar-refractivity contribution is 5.94. The number of anilines is 1. The van der Waals surface area contributed by atoms with Gasteiger partial charge in [0.1, 0.15) is 18.2 Å². The van der Waals surface area contributed by atoms with Crippen LogP contribution in [0.5, 0.6) is 5.75 Å². The number of hydrogen-bond donors (Lipinski definition) is 1. The first-order valence-electron chi connectivity index (χ1n) is 10.7. The zero-order chi connectivity index (χ0) is 22.2. The number of rotatable bonds is 9. The lowest BCUT2D eigenvalue weighted by Crippen LogP contribution is -2.38. The third kappa shape index (κ3) is 6.67. The second-order valence-corrected chi connectivity index (χ2v) is 8.06. The van der Waals surface area contributed by atoms with Gasteiger partial charge in [-0.15, -0.1) is 0 Å². The van der Waals surface area contributed by atoms with Crippen LogP contribution in [0.1, 0.15) is 28.8 Å². The molecule has 168 valence electrons. The summed E-state index contributed by atoms with van der Waals surface area (Å²) in [5, 5.41) is 2.84. The van der Waals surface area contributed by atoms with E-state index in [2.05, 4.69) is 17.3 Å². The minimum atomic E-state index is -0.418. The second kappa shape index (κ2) is 11.1. The fourth-order valence-electron chi connectivity index (χ4n) is 3.66. The Kier molecular flexibility index (Phi) is 8.26. The molecule has 0 spiro atoms. The van der Waals surface area contributed by atoms with Gasteiger partial charge in [-0.25, -0.2) is 4.39 Å². The van der Waals surface area contributed by atoms with Crippen LogP contribution in [0.2, 0.25) is 0 Å². The van der Waals surface area contributed by atoms with Gasteiger partial charge in [0.15, 0.2) is 0 Å². The van der Waals surface area contributed by atoms with E-state index in [-0.39, 0.29) is 5.91 Å². The lowest BCUT2D eigenvalue weighted by Gasteiger charge is -2.31. The molecular formula is C24H32FN3O3. The van der Waals surface area contributed by atoms with Crippen molar-refractivity contribution in [3.05, 3.63) is 59.4 Å². The highest BCUT2D eigenvalue weighted by Gasteiger charge is 2.18. The number of carbonyl (C=O) groups excluding carboxylic acids is 1. The molecule has 0 atom stereocenters. The van der Waals surface area contributed by atoms with Gasteiger partial charge in [-0.05, 0) is 55.8 Å². The normalized spacial score (nSPS) is 14.5. The first kappa shape index (κ1) is 23.0. The van der Waals surface area contributed by atoms with E-state index in [0.717, 1.165) is 43.9 Å². The molecule has 2 aromatic carbocycles. The molecule has 31 heavy (non-hydrogen) atoms. The summed E-state index contributed by atoms with van der Waals surface area (Å²) in [5.74, 6) is 0.0425. The van der Waals surface area contributed by atoms with E-state index in [0.29, 0.717) is 30.4 Å². The van der Waals surface area contributed by atoms with Crippen molar-refractivity contribution < 1.29 is 18.7 Å². The van der Waals surface area contributed by atoms with Crippen molar-refractivity contribution in [1.82, 2.24) is 10.2 Å². The molecule has 1 aliphatic heterocycles. The van der Waals surface area contributed by atoms with Gasteiger partial charge in [-0.3, -0.25) is 9.69 Å². The zero-order valence-electron chi connectivity index (χ0n) is 18.6. The van der Waals surface area contributed by atoms with Crippen LogP contribution in [0, 0.1) is 5.82 Å². The monoisotopic (exact) mass is 429 g/mol. The summed E-state index contributed by atoms with van der Waals surface area (Å²) in [7, 11) is 5.64. The highest BCUT2D eigenvalue weighted by atomic mass is 19.1. The van der Waals surface area contributed by atoms with Gasteiger partial charge < -0.3 is 19.7 Å². The number of halogens is 1. The summed E-state index contributed by atoms with van der Waals surface area (Å²) in [6, 6.07) is 12.7. The van der Waals surface area contributed by atoms with Crippen molar-refractivity contribution >= 4 is 11.6 Å². The molecule has 1 amide bonds. The number of carbonyl (C=O) groups is 1. The Hall–Kier alpha value is -2.64. The fourth-order valence-corrected chi connectivity index (χ4v) is 3.66. The first-order chi connectivity index (χ1) is 14.9. The molecule has 0 bridgehead atoms. The maximum atomic E-state index is 14.1. The Labute approximate surface area is 183 Å². The van der Waals surface area contributed by atoms with Gasteiger partial charge in [0.25, 0.3) is 5.91 Å². The molecule has 0 unspecified atom stereocenters. The number of amides is 1. The number of nitrogens with one attached hydrogen (secondary N) is 1. The van der Waals surface area contributed by atoms with Crippen molar-refractivity contribution in [2.24, 2.45) is 0 Å². The zero-order valence-corrected chi connectivity index (χ0v) is 18.6. The van der Waals surface area contributed by atoms with Crippen LogP contribution in [0.4, 0.5) is 10.1 Å². The van der Waals surface area contributed by atoms with Crippen molar-refractivity contribution in [1.29, 1.82) is 0 Å². The van der Waals surface area contributed by atoms with Gasteiger partial charge >= 0.3 is 0 Å². The van der Waals surface area contributed by atoms with E-state index < -0.39 is 5.82 Å². The van der Waals surface area contributed by atoms with E-state index in [1.165, 1.54) is 6.07 Å². The molecule has 6 nitrogen and oxygen atoms in total. The molecule has 7 heteroatoms. The standard InChI is InChI=1S/C24H32FN3O3/c1-27(2)23-8-7-19(16-22(23)25)24(29)26-17-18-5-4-6-21(15-18)31-14-11-28(3)20-9-12-30-13-10-20/h4-8,15-16,20H,9-14,17H2,1-3H3,(H,26,29). The Morgan fingerprint density at radius 1 is 1.16 bits per heavy atom. The molecule has 1 saturated heterocycles. The second-order valence-electron chi connectivity index (χ2n) is 8.06. The van der Waals surface area contributed by atoms with Crippen LogP contribution in [-0.2, 0) is 11.3 Å². The molecule has 1 N–H and O–H groups in total. The predicted molar refractivity (Wildman–Crippen MR) is 120 cm³/mol. The third-order valence-corrected chi connectivity index (χ3v) is 5.57. The number of hydrogen-bond acceptors (Lipinski definition) is 5. The molecule has 3 rings (SSSR count). The minimum Gasteiger partial charge on any atom is -0.492 e. The summed E-state index contributed by atoms with van der Waals surface area (Å²) in [4.78, 5) is 16.4. The largest absolute Gasteiger partial charge is 0.492 e. The van der Waals surface area contributed by atoms with Gasteiger partial charge in [0.05, 0.1) is 5.69 Å². The van der Waals surface area contributed by atoms with Gasteiger partial charge in [-0.1, -0.05) is 12.1 Å². The molecule has 0 aromatic heterocycles. The lowest BCUT2D eigenvalue weighted by molar-refractivity contribution is 0.0392. The van der Waals surface area contributed by atoms with E-state index >= 15 is 0 Å². The Morgan fingerprint density at radius 2 is 1.94 bits per heavy atom. The molecule has 1 heterocycles. The fraction of sp³-hybridized carbons (Fsp3) is 0.458. The number of benzene rings is 2. The molecule has 1 aliphatic rings. The predicted octanol–water partition coefficient (Wildman–Crippen LogP) is 3.31.